The van der Waals surface area contributed by atoms with Crippen molar-refractivity contribution < 1.29 is 32.5 Å². The maximum Gasteiger partial charge on any atom is 0.410 e. The molecule has 1 saturated heterocycles. The molecule has 4 aromatic rings. The van der Waals surface area contributed by atoms with Crippen LogP contribution in [0.3, 0.4) is 0 Å². The summed E-state index contributed by atoms with van der Waals surface area (Å²) in [6, 6.07) is 10.1. The molecule has 0 N–H and O–H groups in total. The minimum atomic E-state index is -1.33. The van der Waals surface area contributed by atoms with Gasteiger partial charge in [0.2, 0.25) is 0 Å². The summed E-state index contributed by atoms with van der Waals surface area (Å²) in [7, 11) is -1.33. The van der Waals surface area contributed by atoms with E-state index in [0.717, 1.165) is 53.7 Å². The van der Waals surface area contributed by atoms with Crippen molar-refractivity contribution in [2.45, 2.75) is 110 Å². The van der Waals surface area contributed by atoms with Crippen LogP contribution in [0.1, 0.15) is 76.2 Å². The molecule has 2 aromatic carbocycles. The van der Waals surface area contributed by atoms with Gasteiger partial charge in [0.15, 0.2) is 12.1 Å². The van der Waals surface area contributed by atoms with E-state index in [9.17, 15) is 13.6 Å². The number of fused-ring (bicyclic) bond motifs is 2. The van der Waals surface area contributed by atoms with Crippen molar-refractivity contribution in [3.8, 4) is 17.3 Å². The van der Waals surface area contributed by atoms with Crippen LogP contribution in [-0.4, -0.2) is 57.2 Å². The van der Waals surface area contributed by atoms with Crippen LogP contribution in [0.4, 0.5) is 13.6 Å². The lowest BCUT2D eigenvalue weighted by Crippen LogP contribution is -2.34. The number of hydrogen-bond acceptors (Lipinski definition) is 7. The Morgan fingerprint density at radius 1 is 1.08 bits per heavy atom. The van der Waals surface area contributed by atoms with Gasteiger partial charge < -0.3 is 23.5 Å². The van der Waals surface area contributed by atoms with Gasteiger partial charge in [0, 0.05) is 32.7 Å². The molecule has 2 aliphatic rings. The lowest BCUT2D eigenvalue weighted by Gasteiger charge is -2.24. The molecule has 0 bridgehead atoms. The molecule has 6 rings (SSSR count). The first kappa shape index (κ1) is 35.0. The molecule has 2 aromatic heterocycles. The molecule has 0 aliphatic carbocycles. The molecule has 49 heavy (non-hydrogen) atoms. The average molecular weight is 696 g/mol. The maximum atomic E-state index is 14.0. The summed E-state index contributed by atoms with van der Waals surface area (Å²) in [5.74, 6) is -0.176. The Bertz CT molecular complexity index is 1800. The fourth-order valence-corrected chi connectivity index (χ4v) is 6.90. The predicted molar refractivity (Wildman–Crippen MR) is 185 cm³/mol. The minimum absolute atomic E-state index is 0.239. The highest BCUT2D eigenvalue weighted by molar-refractivity contribution is 6.76. The number of aromatic nitrogens is 4. The van der Waals surface area contributed by atoms with Crippen LogP contribution in [0.25, 0.3) is 22.4 Å². The lowest BCUT2D eigenvalue weighted by atomic mass is 10.1. The number of benzene rings is 2. The monoisotopic (exact) mass is 695 g/mol. The highest BCUT2D eigenvalue weighted by atomic mass is 28.3. The van der Waals surface area contributed by atoms with Crippen molar-refractivity contribution in [2.75, 3.05) is 13.2 Å². The van der Waals surface area contributed by atoms with Crippen LogP contribution in [0.15, 0.2) is 36.4 Å². The molecule has 2 unspecified atom stereocenters. The van der Waals surface area contributed by atoms with E-state index in [-0.39, 0.29) is 13.0 Å². The first-order valence-electron chi connectivity index (χ1n) is 17.1. The van der Waals surface area contributed by atoms with Crippen LogP contribution < -0.4 is 4.74 Å². The van der Waals surface area contributed by atoms with Crippen LogP contribution in [-0.2, 0) is 34.0 Å². The molecule has 10 nitrogen and oxygen atoms in total. The van der Waals surface area contributed by atoms with E-state index in [1.807, 2.05) is 48.2 Å². The summed E-state index contributed by atoms with van der Waals surface area (Å²) >= 11 is 0. The Morgan fingerprint density at radius 3 is 2.51 bits per heavy atom. The number of ether oxygens (including phenoxy) is 4. The number of carbonyl (C=O) groups excluding carboxylic acids is 1. The third kappa shape index (κ3) is 8.16. The van der Waals surface area contributed by atoms with Crippen LogP contribution in [0, 0.1) is 11.6 Å². The van der Waals surface area contributed by atoms with Crippen molar-refractivity contribution in [3.05, 3.63) is 65.0 Å². The zero-order valence-electron chi connectivity index (χ0n) is 29.5. The van der Waals surface area contributed by atoms with Gasteiger partial charge in [-0.25, -0.2) is 23.2 Å². The molecule has 0 saturated carbocycles. The van der Waals surface area contributed by atoms with Crippen molar-refractivity contribution in [1.82, 2.24) is 24.2 Å². The number of amides is 1. The second-order valence-electron chi connectivity index (χ2n) is 15.2. The third-order valence-corrected chi connectivity index (χ3v) is 10.4. The van der Waals surface area contributed by atoms with Crippen molar-refractivity contribution in [3.63, 3.8) is 0 Å². The fourth-order valence-electron chi connectivity index (χ4n) is 6.14. The van der Waals surface area contributed by atoms with E-state index < -0.39 is 37.5 Å². The second-order valence-corrected chi connectivity index (χ2v) is 20.8. The molecular formula is C36H47F2N5O5Si. The highest BCUT2D eigenvalue weighted by Gasteiger charge is 2.34. The standard InChI is InChI=1S/C36H47F2N5O5Si/c1-23(24-16-25(37)18-26(38)17-24)47-27-11-12-30-28(19-27)33(40-43(30)32-10-8-9-13-46-32)34-39-29-20-41(35(44)48-36(2,3)4)21-31(29)42(34)22-45-14-15-49(5,6)7/h11-12,16-19,23,32H,8-10,13-15,20-22H2,1-7H3. The summed E-state index contributed by atoms with van der Waals surface area (Å²) in [4.78, 5) is 19.8. The SMILES string of the molecule is CC(Oc1ccc2c(c1)c(-c1nc3c(n1COCC[Si](C)(C)C)CN(C(=O)OC(C)(C)C)C3)nn2C1CCCCO1)c1cc(F)cc(F)c1. The van der Waals surface area contributed by atoms with Crippen LogP contribution >= 0.6 is 0 Å². The zero-order chi connectivity index (χ0) is 35.1. The minimum Gasteiger partial charge on any atom is -0.486 e. The summed E-state index contributed by atoms with van der Waals surface area (Å²) < 4.78 is 56.3. The number of halogens is 2. The largest absolute Gasteiger partial charge is 0.486 e. The molecule has 0 spiro atoms. The molecule has 1 fully saturated rings. The topological polar surface area (TPSA) is 92.9 Å². The number of imidazole rings is 1. The van der Waals surface area contributed by atoms with E-state index in [2.05, 4.69) is 19.6 Å². The van der Waals surface area contributed by atoms with Crippen LogP contribution in [0.2, 0.25) is 25.7 Å². The third-order valence-electron chi connectivity index (χ3n) is 8.69. The zero-order valence-corrected chi connectivity index (χ0v) is 30.5. The number of carbonyl (C=O) groups is 1. The highest BCUT2D eigenvalue weighted by Crippen LogP contribution is 2.38. The molecular weight excluding hydrogens is 649 g/mol. The number of rotatable bonds is 10. The van der Waals surface area contributed by atoms with Gasteiger partial charge in [-0.3, -0.25) is 4.90 Å². The Balaban J connectivity index is 1.40. The van der Waals surface area contributed by atoms with Crippen molar-refractivity contribution >= 4 is 25.1 Å². The molecule has 0 radical (unpaired) electrons. The van der Waals surface area contributed by atoms with Gasteiger partial charge in [-0.1, -0.05) is 19.6 Å². The molecule has 4 heterocycles. The average Bonchev–Trinajstić information content (AvgIpc) is 3.69. The van der Waals surface area contributed by atoms with E-state index in [0.29, 0.717) is 49.1 Å². The van der Waals surface area contributed by atoms with Gasteiger partial charge in [-0.05, 0) is 88.9 Å². The summed E-state index contributed by atoms with van der Waals surface area (Å²) in [5.41, 5.74) is 2.89. The summed E-state index contributed by atoms with van der Waals surface area (Å²) in [6.45, 7) is 16.4. The quantitative estimate of drug-likeness (QED) is 0.121. The fraction of sp³-hybridized carbons (Fsp3) is 0.528. The van der Waals surface area contributed by atoms with Gasteiger partial charge >= 0.3 is 6.09 Å². The Labute approximate surface area is 287 Å². The van der Waals surface area contributed by atoms with Gasteiger partial charge in [0.25, 0.3) is 0 Å². The maximum absolute atomic E-state index is 14.0. The Kier molecular flexibility index (Phi) is 9.89. The molecule has 264 valence electrons. The van der Waals surface area contributed by atoms with Crippen molar-refractivity contribution in [2.24, 2.45) is 0 Å². The second kappa shape index (κ2) is 13.8. The van der Waals surface area contributed by atoms with Gasteiger partial charge in [0.05, 0.1) is 30.0 Å². The van der Waals surface area contributed by atoms with Gasteiger partial charge in [-0.2, -0.15) is 5.10 Å². The first-order valence-corrected chi connectivity index (χ1v) is 20.8. The molecule has 2 aliphatic heterocycles. The number of hydrogen-bond donors (Lipinski definition) is 0. The smallest absolute Gasteiger partial charge is 0.410 e. The molecule has 13 heteroatoms. The Morgan fingerprint density at radius 2 is 1.84 bits per heavy atom. The first-order chi connectivity index (χ1) is 23.1. The van der Waals surface area contributed by atoms with Gasteiger partial charge in [-0.15, -0.1) is 0 Å². The van der Waals surface area contributed by atoms with E-state index in [1.54, 1.807) is 11.8 Å². The van der Waals surface area contributed by atoms with Crippen molar-refractivity contribution in [1.29, 1.82) is 0 Å². The molecule has 2 atom stereocenters. The number of nitrogens with zero attached hydrogens (tertiary/aromatic N) is 5. The van der Waals surface area contributed by atoms with E-state index >= 15 is 0 Å². The molecule has 1 amide bonds. The predicted octanol–water partition coefficient (Wildman–Crippen LogP) is 8.58. The van der Waals surface area contributed by atoms with E-state index in [1.165, 1.54) is 12.1 Å². The van der Waals surface area contributed by atoms with Gasteiger partial charge in [0.1, 0.15) is 41.5 Å². The Hall–Kier alpha value is -3.81. The summed E-state index contributed by atoms with van der Waals surface area (Å²) in [5, 5.41) is 5.92. The van der Waals surface area contributed by atoms with Crippen LogP contribution in [0.5, 0.6) is 5.75 Å². The lowest BCUT2D eigenvalue weighted by molar-refractivity contribution is -0.0365. The normalized spacial score (nSPS) is 17.4. The van der Waals surface area contributed by atoms with E-state index in [4.69, 9.17) is 29.0 Å². The summed E-state index contributed by atoms with van der Waals surface area (Å²) in [6.07, 6.45) is 1.60.